The Morgan fingerprint density at radius 3 is 2.77 bits per heavy atom. The Morgan fingerprint density at radius 2 is 2.05 bits per heavy atom. The van der Waals surface area contributed by atoms with E-state index in [9.17, 15) is 4.79 Å². The zero-order valence-corrected chi connectivity index (χ0v) is 15.4. The first kappa shape index (κ1) is 15.7. The summed E-state index contributed by atoms with van der Waals surface area (Å²) >= 11 is 9.92. The molecule has 0 bridgehead atoms. The fourth-order valence-corrected chi connectivity index (χ4v) is 4.32. The summed E-state index contributed by atoms with van der Waals surface area (Å²) in [7, 11) is 0. The van der Waals surface area contributed by atoms with Crippen LogP contribution in [0.2, 0.25) is 5.02 Å². The van der Waals surface area contributed by atoms with Crippen LogP contribution in [0.5, 0.6) is 0 Å². The smallest absolute Gasteiger partial charge is 0.280 e. The van der Waals surface area contributed by atoms with Crippen molar-refractivity contribution in [1.29, 1.82) is 0 Å². The van der Waals surface area contributed by atoms with Crippen LogP contribution in [0.1, 0.15) is 17.3 Å². The van der Waals surface area contributed by atoms with Gasteiger partial charge in [0.1, 0.15) is 0 Å². The minimum Gasteiger partial charge on any atom is -0.315 e. The van der Waals surface area contributed by atoms with Gasteiger partial charge in [0.05, 0.1) is 20.8 Å². The summed E-state index contributed by atoms with van der Waals surface area (Å²) in [6.07, 6.45) is 0. The van der Waals surface area contributed by atoms with Crippen molar-refractivity contribution < 1.29 is 4.79 Å². The number of carbonyl (C=O) groups excluding carboxylic acids is 1. The Bertz CT molecular complexity index is 929. The number of halogens is 2. The molecule has 0 aliphatic heterocycles. The Morgan fingerprint density at radius 1 is 1.27 bits per heavy atom. The summed E-state index contributed by atoms with van der Waals surface area (Å²) in [5.74, 6) is -0.227. The number of thiazole rings is 1. The maximum Gasteiger partial charge on any atom is 0.280 e. The average molecular weight is 443 g/mol. The van der Waals surface area contributed by atoms with Crippen LogP contribution in [-0.4, -0.2) is 10.5 Å². The maximum absolute atomic E-state index is 12.5. The molecule has 22 heavy (non-hydrogen) atoms. The molecule has 0 N–H and O–H groups in total. The van der Waals surface area contributed by atoms with Crippen molar-refractivity contribution in [1.82, 2.24) is 4.57 Å². The topological polar surface area (TPSA) is 34.4 Å². The van der Waals surface area contributed by atoms with Gasteiger partial charge in [-0.1, -0.05) is 41.1 Å². The molecule has 0 saturated heterocycles. The first-order chi connectivity index (χ1) is 10.6. The molecule has 1 aromatic heterocycles. The third-order valence-electron chi connectivity index (χ3n) is 3.27. The van der Waals surface area contributed by atoms with Gasteiger partial charge >= 0.3 is 0 Å². The second-order valence-corrected chi connectivity index (χ2v) is 7.19. The molecular weight excluding hydrogens is 431 g/mol. The number of nitrogens with zero attached hydrogens (tertiary/aromatic N) is 2. The fraction of sp³-hybridized carbons (Fsp3) is 0.125. The Balaban J connectivity index is 2.20. The van der Waals surface area contributed by atoms with Gasteiger partial charge in [-0.3, -0.25) is 4.79 Å². The van der Waals surface area contributed by atoms with Crippen molar-refractivity contribution in [2.75, 3.05) is 0 Å². The van der Waals surface area contributed by atoms with E-state index in [1.165, 1.54) is 11.3 Å². The standard InChI is InChI=1S/C16H12ClIN2OS/c1-2-20-14-11(17)7-5-9-13(14)22-16(20)19-15(21)10-6-3-4-8-12(10)18/h3-9H,2H2,1H3. The van der Waals surface area contributed by atoms with Crippen molar-refractivity contribution in [2.45, 2.75) is 13.5 Å². The minimum atomic E-state index is -0.227. The van der Waals surface area contributed by atoms with E-state index in [1.54, 1.807) is 6.07 Å². The number of carbonyl (C=O) groups is 1. The molecule has 1 heterocycles. The lowest BCUT2D eigenvalue weighted by molar-refractivity contribution is 0.0997. The van der Waals surface area contributed by atoms with Crippen LogP contribution in [0, 0.1) is 3.57 Å². The van der Waals surface area contributed by atoms with E-state index < -0.39 is 0 Å². The fourth-order valence-electron chi connectivity index (χ4n) is 2.25. The largest absolute Gasteiger partial charge is 0.315 e. The van der Waals surface area contributed by atoms with Gasteiger partial charge in [0.15, 0.2) is 4.80 Å². The maximum atomic E-state index is 12.5. The highest BCUT2D eigenvalue weighted by molar-refractivity contribution is 14.1. The number of hydrogen-bond donors (Lipinski definition) is 0. The van der Waals surface area contributed by atoms with Gasteiger partial charge in [-0.2, -0.15) is 4.99 Å². The summed E-state index contributed by atoms with van der Waals surface area (Å²) in [6.45, 7) is 2.73. The molecular formula is C16H12ClIN2OS. The highest BCUT2D eigenvalue weighted by atomic mass is 127. The minimum absolute atomic E-state index is 0.227. The van der Waals surface area contributed by atoms with Gasteiger partial charge in [0.2, 0.25) is 0 Å². The van der Waals surface area contributed by atoms with E-state index in [4.69, 9.17) is 11.6 Å². The number of benzene rings is 2. The Hall–Kier alpha value is -1.18. The number of para-hydroxylation sites is 1. The summed E-state index contributed by atoms with van der Waals surface area (Å²) in [4.78, 5) is 17.4. The van der Waals surface area contributed by atoms with Gasteiger partial charge in [0, 0.05) is 10.1 Å². The predicted octanol–water partition coefficient (Wildman–Crippen LogP) is 4.72. The number of amides is 1. The normalized spacial score (nSPS) is 12.0. The molecule has 1 amide bonds. The van der Waals surface area contributed by atoms with Gasteiger partial charge in [-0.15, -0.1) is 0 Å². The van der Waals surface area contributed by atoms with Crippen molar-refractivity contribution in [3.8, 4) is 0 Å². The molecule has 0 unspecified atom stereocenters. The summed E-state index contributed by atoms with van der Waals surface area (Å²) in [5.41, 5.74) is 1.56. The van der Waals surface area contributed by atoms with Gasteiger partial charge in [-0.25, -0.2) is 0 Å². The van der Waals surface area contributed by atoms with E-state index in [0.717, 1.165) is 13.8 Å². The molecule has 112 valence electrons. The monoisotopic (exact) mass is 442 g/mol. The lowest BCUT2D eigenvalue weighted by Crippen LogP contribution is -2.16. The van der Waals surface area contributed by atoms with Crippen LogP contribution in [0.25, 0.3) is 10.2 Å². The summed E-state index contributed by atoms with van der Waals surface area (Å²) in [5, 5.41) is 0.679. The average Bonchev–Trinajstić information content (AvgIpc) is 2.86. The van der Waals surface area contributed by atoms with E-state index in [0.29, 0.717) is 21.9 Å². The first-order valence-electron chi connectivity index (χ1n) is 6.73. The molecule has 3 nitrogen and oxygen atoms in total. The zero-order valence-electron chi connectivity index (χ0n) is 11.7. The number of aryl methyl sites for hydroxylation is 1. The molecule has 0 radical (unpaired) electrons. The molecule has 0 aliphatic rings. The summed E-state index contributed by atoms with van der Waals surface area (Å²) in [6, 6.07) is 13.2. The molecule has 2 aromatic carbocycles. The first-order valence-corrected chi connectivity index (χ1v) is 9.00. The Kier molecular flexibility index (Phi) is 4.65. The molecule has 3 rings (SSSR count). The number of rotatable bonds is 2. The number of fused-ring (bicyclic) bond motifs is 1. The number of hydrogen-bond acceptors (Lipinski definition) is 2. The van der Waals surface area contributed by atoms with Crippen LogP contribution in [0.3, 0.4) is 0 Å². The van der Waals surface area contributed by atoms with E-state index in [-0.39, 0.29) is 5.91 Å². The van der Waals surface area contributed by atoms with Crippen molar-refractivity contribution in [3.05, 3.63) is 61.4 Å². The third-order valence-corrected chi connectivity index (χ3v) is 5.56. The van der Waals surface area contributed by atoms with Crippen LogP contribution >= 0.6 is 45.5 Å². The van der Waals surface area contributed by atoms with Crippen LogP contribution < -0.4 is 4.80 Å². The van der Waals surface area contributed by atoms with Crippen molar-refractivity contribution in [3.63, 3.8) is 0 Å². The van der Waals surface area contributed by atoms with E-state index in [1.807, 2.05) is 47.9 Å². The van der Waals surface area contributed by atoms with E-state index in [2.05, 4.69) is 27.6 Å². The quantitative estimate of drug-likeness (QED) is 0.529. The molecule has 0 atom stereocenters. The van der Waals surface area contributed by atoms with Gasteiger partial charge in [0.25, 0.3) is 5.91 Å². The van der Waals surface area contributed by atoms with Gasteiger partial charge < -0.3 is 4.57 Å². The second-order valence-electron chi connectivity index (χ2n) is 4.61. The highest BCUT2D eigenvalue weighted by Gasteiger charge is 2.12. The zero-order chi connectivity index (χ0) is 15.7. The van der Waals surface area contributed by atoms with Crippen LogP contribution in [0.15, 0.2) is 47.5 Å². The number of aromatic nitrogens is 1. The predicted molar refractivity (Wildman–Crippen MR) is 99.6 cm³/mol. The van der Waals surface area contributed by atoms with Crippen LogP contribution in [-0.2, 0) is 6.54 Å². The summed E-state index contributed by atoms with van der Waals surface area (Å²) < 4.78 is 3.91. The SMILES string of the molecule is CCn1c(=NC(=O)c2ccccc2I)sc2cccc(Cl)c21. The van der Waals surface area contributed by atoms with E-state index >= 15 is 0 Å². The molecule has 0 fully saturated rings. The lowest BCUT2D eigenvalue weighted by atomic mass is 10.2. The van der Waals surface area contributed by atoms with Crippen molar-refractivity contribution >= 4 is 61.7 Å². The lowest BCUT2D eigenvalue weighted by Gasteiger charge is -2.02. The third kappa shape index (κ3) is 2.85. The second kappa shape index (κ2) is 6.52. The molecule has 6 heteroatoms. The molecule has 0 saturated carbocycles. The molecule has 0 spiro atoms. The molecule has 0 aliphatic carbocycles. The highest BCUT2D eigenvalue weighted by Crippen LogP contribution is 2.25. The van der Waals surface area contributed by atoms with Gasteiger partial charge in [-0.05, 0) is 53.8 Å². The van der Waals surface area contributed by atoms with Crippen molar-refractivity contribution in [2.24, 2.45) is 4.99 Å². The van der Waals surface area contributed by atoms with Crippen LogP contribution in [0.4, 0.5) is 0 Å². The molecule has 3 aromatic rings. The Labute approximate surface area is 150 Å².